The average Bonchev–Trinajstić information content (AvgIpc) is 1.85. The van der Waals surface area contributed by atoms with Crippen LogP contribution >= 0.6 is 11.6 Å². The van der Waals surface area contributed by atoms with Gasteiger partial charge in [-0.2, -0.15) is 0 Å². The lowest BCUT2D eigenvalue weighted by Crippen LogP contribution is -2.00. The van der Waals surface area contributed by atoms with Gasteiger partial charge in [0.1, 0.15) is 0 Å². The highest BCUT2D eigenvalue weighted by atomic mass is 35.5. The lowest BCUT2D eigenvalue weighted by atomic mass is 10.1. The van der Waals surface area contributed by atoms with Crippen molar-refractivity contribution in [3.8, 4) is 0 Å². The number of aryl methyl sites for hydroxylation is 2. The fourth-order valence-electron chi connectivity index (χ4n) is 1.20. The SMILES string of the molecule is Cc1cc(C)c(CN)c(Cl)c1. The summed E-state index contributed by atoms with van der Waals surface area (Å²) in [6, 6.07) is 4.03. The van der Waals surface area contributed by atoms with Crippen molar-refractivity contribution in [3.63, 3.8) is 0 Å². The molecule has 1 aromatic rings. The second kappa shape index (κ2) is 3.24. The first-order chi connectivity index (χ1) is 5.15. The molecule has 0 saturated heterocycles. The van der Waals surface area contributed by atoms with E-state index in [1.807, 2.05) is 19.9 Å². The zero-order valence-corrected chi connectivity index (χ0v) is 7.57. The van der Waals surface area contributed by atoms with Crippen LogP contribution in [0.5, 0.6) is 0 Å². The second-order valence-corrected chi connectivity index (χ2v) is 3.15. The van der Waals surface area contributed by atoms with Crippen LogP contribution in [0.3, 0.4) is 0 Å². The van der Waals surface area contributed by atoms with E-state index in [1.54, 1.807) is 0 Å². The fraction of sp³-hybridized carbons (Fsp3) is 0.333. The van der Waals surface area contributed by atoms with E-state index in [1.165, 1.54) is 11.1 Å². The van der Waals surface area contributed by atoms with Crippen molar-refractivity contribution < 1.29 is 0 Å². The third-order valence-electron chi connectivity index (χ3n) is 1.77. The molecule has 0 heterocycles. The van der Waals surface area contributed by atoms with Gasteiger partial charge in [0.25, 0.3) is 0 Å². The van der Waals surface area contributed by atoms with Crippen LogP contribution < -0.4 is 5.73 Å². The highest BCUT2D eigenvalue weighted by Gasteiger charge is 2.01. The zero-order valence-electron chi connectivity index (χ0n) is 6.82. The fourth-order valence-corrected chi connectivity index (χ4v) is 1.60. The molecule has 0 radical (unpaired) electrons. The predicted molar refractivity (Wildman–Crippen MR) is 48.8 cm³/mol. The Morgan fingerprint density at radius 3 is 2.45 bits per heavy atom. The molecule has 0 aliphatic heterocycles. The Hall–Kier alpha value is -0.530. The smallest absolute Gasteiger partial charge is 0.0456 e. The van der Waals surface area contributed by atoms with Crippen LogP contribution in [-0.2, 0) is 6.54 Å². The maximum absolute atomic E-state index is 5.95. The number of benzene rings is 1. The monoisotopic (exact) mass is 169 g/mol. The van der Waals surface area contributed by atoms with Gasteiger partial charge < -0.3 is 5.73 Å². The minimum atomic E-state index is 0.519. The van der Waals surface area contributed by atoms with E-state index in [9.17, 15) is 0 Å². The highest BCUT2D eigenvalue weighted by molar-refractivity contribution is 6.31. The number of hydrogen-bond donors (Lipinski definition) is 1. The molecule has 0 spiro atoms. The van der Waals surface area contributed by atoms with Crippen molar-refractivity contribution in [2.75, 3.05) is 0 Å². The van der Waals surface area contributed by atoms with Gasteiger partial charge >= 0.3 is 0 Å². The number of nitrogens with two attached hydrogens (primary N) is 1. The van der Waals surface area contributed by atoms with Gasteiger partial charge in [-0.1, -0.05) is 17.7 Å². The summed E-state index contributed by atoms with van der Waals surface area (Å²) in [6.45, 7) is 4.57. The maximum atomic E-state index is 5.95. The normalized spacial score (nSPS) is 10.2. The van der Waals surface area contributed by atoms with Gasteiger partial charge in [-0.05, 0) is 36.6 Å². The Labute approximate surface area is 72.2 Å². The Bertz CT molecular complexity index is 245. The molecule has 0 bridgehead atoms. The van der Waals surface area contributed by atoms with Crippen LogP contribution in [0.15, 0.2) is 12.1 Å². The predicted octanol–water partition coefficient (Wildman–Crippen LogP) is 2.42. The first-order valence-corrected chi connectivity index (χ1v) is 3.98. The van der Waals surface area contributed by atoms with Crippen molar-refractivity contribution in [1.29, 1.82) is 0 Å². The van der Waals surface area contributed by atoms with E-state index in [4.69, 9.17) is 17.3 Å². The molecule has 0 unspecified atom stereocenters. The summed E-state index contributed by atoms with van der Waals surface area (Å²) < 4.78 is 0. The van der Waals surface area contributed by atoms with Gasteiger partial charge in [-0.3, -0.25) is 0 Å². The summed E-state index contributed by atoms with van der Waals surface area (Å²) in [5.41, 5.74) is 8.93. The first kappa shape index (κ1) is 8.57. The summed E-state index contributed by atoms with van der Waals surface area (Å²) in [5.74, 6) is 0. The lowest BCUT2D eigenvalue weighted by molar-refractivity contribution is 1.05. The molecule has 1 nitrogen and oxygen atoms in total. The summed E-state index contributed by atoms with van der Waals surface area (Å²) >= 11 is 5.95. The van der Waals surface area contributed by atoms with Crippen LogP contribution in [0.1, 0.15) is 16.7 Å². The van der Waals surface area contributed by atoms with E-state index in [2.05, 4.69) is 6.07 Å². The molecule has 0 aliphatic rings. The lowest BCUT2D eigenvalue weighted by Gasteiger charge is -2.06. The molecule has 0 aromatic heterocycles. The van der Waals surface area contributed by atoms with Crippen molar-refractivity contribution in [2.24, 2.45) is 5.73 Å². The molecule has 0 aliphatic carbocycles. The van der Waals surface area contributed by atoms with Crippen molar-refractivity contribution in [1.82, 2.24) is 0 Å². The number of halogens is 1. The zero-order chi connectivity index (χ0) is 8.43. The molecule has 0 atom stereocenters. The van der Waals surface area contributed by atoms with Gasteiger partial charge in [-0.25, -0.2) is 0 Å². The second-order valence-electron chi connectivity index (χ2n) is 2.75. The van der Waals surface area contributed by atoms with Gasteiger partial charge in [0.2, 0.25) is 0 Å². The van der Waals surface area contributed by atoms with Crippen LogP contribution in [0.4, 0.5) is 0 Å². The summed E-state index contributed by atoms with van der Waals surface area (Å²) in [5, 5.41) is 0.782. The van der Waals surface area contributed by atoms with Gasteiger partial charge in [0, 0.05) is 11.6 Å². The Morgan fingerprint density at radius 1 is 1.36 bits per heavy atom. The molecule has 1 rings (SSSR count). The summed E-state index contributed by atoms with van der Waals surface area (Å²) in [6.07, 6.45) is 0. The van der Waals surface area contributed by atoms with E-state index in [0.29, 0.717) is 6.54 Å². The summed E-state index contributed by atoms with van der Waals surface area (Å²) in [4.78, 5) is 0. The van der Waals surface area contributed by atoms with Crippen LogP contribution in [0, 0.1) is 13.8 Å². The molecule has 1 aromatic carbocycles. The third-order valence-corrected chi connectivity index (χ3v) is 2.10. The average molecular weight is 170 g/mol. The van der Waals surface area contributed by atoms with Crippen LogP contribution in [0.25, 0.3) is 0 Å². The molecule has 60 valence electrons. The van der Waals surface area contributed by atoms with Crippen molar-refractivity contribution in [2.45, 2.75) is 20.4 Å². The van der Waals surface area contributed by atoms with Gasteiger partial charge in [-0.15, -0.1) is 0 Å². The van der Waals surface area contributed by atoms with E-state index < -0.39 is 0 Å². The third kappa shape index (κ3) is 1.73. The highest BCUT2D eigenvalue weighted by Crippen LogP contribution is 2.20. The molecular weight excluding hydrogens is 158 g/mol. The first-order valence-electron chi connectivity index (χ1n) is 3.61. The van der Waals surface area contributed by atoms with Crippen LogP contribution in [0.2, 0.25) is 5.02 Å². The molecule has 2 N–H and O–H groups in total. The Balaban J connectivity index is 3.25. The molecule has 0 amide bonds. The standard InChI is InChI=1S/C9H12ClN/c1-6-3-7(2)8(5-11)9(10)4-6/h3-4H,5,11H2,1-2H3. The van der Waals surface area contributed by atoms with Crippen LogP contribution in [-0.4, -0.2) is 0 Å². The number of hydrogen-bond acceptors (Lipinski definition) is 1. The maximum Gasteiger partial charge on any atom is 0.0456 e. The van der Waals surface area contributed by atoms with Gasteiger partial charge in [0.15, 0.2) is 0 Å². The molecular formula is C9H12ClN. The number of rotatable bonds is 1. The topological polar surface area (TPSA) is 26.0 Å². The molecule has 0 saturated carbocycles. The van der Waals surface area contributed by atoms with E-state index >= 15 is 0 Å². The van der Waals surface area contributed by atoms with Crippen molar-refractivity contribution >= 4 is 11.6 Å². The summed E-state index contributed by atoms with van der Waals surface area (Å²) in [7, 11) is 0. The van der Waals surface area contributed by atoms with Gasteiger partial charge in [0.05, 0.1) is 0 Å². The molecule has 0 fully saturated rings. The molecule has 11 heavy (non-hydrogen) atoms. The van der Waals surface area contributed by atoms with E-state index in [0.717, 1.165) is 10.6 Å². The minimum Gasteiger partial charge on any atom is -0.326 e. The Morgan fingerprint density at radius 2 is 2.00 bits per heavy atom. The quantitative estimate of drug-likeness (QED) is 0.687. The largest absolute Gasteiger partial charge is 0.326 e. The van der Waals surface area contributed by atoms with Crippen molar-refractivity contribution in [3.05, 3.63) is 33.8 Å². The minimum absolute atomic E-state index is 0.519. The van der Waals surface area contributed by atoms with E-state index in [-0.39, 0.29) is 0 Å². The molecule has 2 heteroatoms. The Kier molecular flexibility index (Phi) is 2.53.